The minimum Gasteiger partial charge on any atom is -0.479 e. The number of likely N-dealkylation sites (tertiary alicyclic amines) is 2. The quantitative estimate of drug-likeness (QED) is 0.116. The Hall–Kier alpha value is -9.42. The maximum absolute atomic E-state index is 13.1. The van der Waals surface area contributed by atoms with Gasteiger partial charge in [0.2, 0.25) is 0 Å². The molecule has 1 unspecified atom stereocenters. The highest BCUT2D eigenvalue weighted by Crippen LogP contribution is 2.46. The molecule has 3 atom stereocenters. The predicted octanol–water partition coefficient (Wildman–Crippen LogP) is 14.4. The normalized spacial score (nSPS) is 18.2. The van der Waals surface area contributed by atoms with Gasteiger partial charge in [0.05, 0.1) is 0 Å². The molecule has 109 heavy (non-hydrogen) atoms. The molecule has 0 spiro atoms. The number of piperidine rings is 1. The van der Waals surface area contributed by atoms with Gasteiger partial charge in [-0.1, -0.05) is 89.9 Å². The number of rotatable bonds is 10. The van der Waals surface area contributed by atoms with Crippen LogP contribution in [0.3, 0.4) is 0 Å². The van der Waals surface area contributed by atoms with Crippen molar-refractivity contribution < 1.29 is 38.1 Å². The Kier molecular flexibility index (Phi) is 25.3. The van der Waals surface area contributed by atoms with Crippen LogP contribution in [-0.4, -0.2) is 188 Å². The Morgan fingerprint density at radius 2 is 0.982 bits per heavy atom. The van der Waals surface area contributed by atoms with Gasteiger partial charge in [0.25, 0.3) is 11.8 Å². The summed E-state index contributed by atoms with van der Waals surface area (Å²) in [5.74, 6) is 3.43. The number of aromatic nitrogens is 6. The van der Waals surface area contributed by atoms with E-state index in [0.717, 1.165) is 156 Å². The van der Waals surface area contributed by atoms with E-state index in [4.69, 9.17) is 42.1 Å². The van der Waals surface area contributed by atoms with Crippen LogP contribution in [0.15, 0.2) is 188 Å². The van der Waals surface area contributed by atoms with Crippen LogP contribution in [0.4, 0.5) is 9.59 Å². The fourth-order valence-electron chi connectivity index (χ4n) is 14.7. The molecule has 0 saturated carbocycles. The zero-order valence-electron chi connectivity index (χ0n) is 62.7. The average molecular weight is 1580 g/mol. The molecule has 7 aliphatic rings. The second-order valence-electron chi connectivity index (χ2n) is 30.5. The molecule has 10 aromatic rings. The van der Waals surface area contributed by atoms with Gasteiger partial charge in [-0.25, -0.2) is 19.6 Å². The van der Waals surface area contributed by atoms with Crippen LogP contribution >= 0.6 is 39.1 Å². The Morgan fingerprint density at radius 1 is 0.514 bits per heavy atom. The third-order valence-corrected chi connectivity index (χ3v) is 21.1. The number of amides is 4. The summed E-state index contributed by atoms with van der Waals surface area (Å²) in [5, 5.41) is 13.4. The van der Waals surface area contributed by atoms with Crippen molar-refractivity contribution in [2.75, 3.05) is 91.6 Å². The summed E-state index contributed by atoms with van der Waals surface area (Å²) in [6.45, 7) is 24.4. The van der Waals surface area contributed by atoms with E-state index in [2.05, 4.69) is 110 Å². The molecule has 13 heterocycles. The van der Waals surface area contributed by atoms with Crippen LogP contribution in [0, 0.1) is 11.8 Å². The summed E-state index contributed by atoms with van der Waals surface area (Å²) < 4.78 is 28.6. The lowest BCUT2D eigenvalue weighted by Crippen LogP contribution is -2.55. The van der Waals surface area contributed by atoms with Gasteiger partial charge in [-0.2, -0.15) is 0 Å². The zero-order valence-corrected chi connectivity index (χ0v) is 65.8. The number of piperazine rings is 2. The number of benzene rings is 4. The number of carbonyl (C=O) groups excluding carboxylic acids is 4. The molecular formula is C85H96BrCl2N13O8. The number of hydrogen-bond donors (Lipinski definition) is 3. The Morgan fingerprint density at radius 3 is 1.39 bits per heavy atom. The molecule has 5 fully saturated rings. The average Bonchev–Trinajstić information content (AvgIpc) is 1.69. The molecule has 3 N–H and O–H groups in total. The second kappa shape index (κ2) is 35.5. The van der Waals surface area contributed by atoms with E-state index < -0.39 is 17.8 Å². The molecule has 0 aliphatic carbocycles. The highest BCUT2D eigenvalue weighted by atomic mass is 79.9. The summed E-state index contributed by atoms with van der Waals surface area (Å²) in [7, 11) is 0. The molecular weight excluding hydrogens is 1480 g/mol. The van der Waals surface area contributed by atoms with Gasteiger partial charge in [-0.05, 0) is 190 Å². The lowest BCUT2D eigenvalue weighted by Gasteiger charge is -2.44. The third-order valence-electron chi connectivity index (χ3n) is 20.2. The van der Waals surface area contributed by atoms with Crippen LogP contribution in [-0.2, 0) is 45.0 Å². The maximum atomic E-state index is 13.1. The topological polar surface area (TPSA) is 216 Å². The van der Waals surface area contributed by atoms with Gasteiger partial charge in [0, 0.05) is 208 Å². The Labute approximate surface area is 656 Å². The Bertz CT molecular complexity index is 4530. The SMILES string of the molecule is Brc1cccnc1.CC(C)(C)OC(=O)N1CC(C2CCCNC2)C1.CC(C)(C)OC(=O)N1CC(c2cccnc2)C1.O=C([C@@H]1Cc2cc(Cl)cc(-c3ccnc4c3ccn4Cc3ccccc3)c2O1)N1CCNCC1.O=C([C@H]1Cc2cc(Cl)cc(-c3ccnc4c3ccn4Cc3ccccc3)c2O1)N1CCNCC1. The molecule has 7 aliphatic heterocycles. The molecule has 24 heteroatoms. The summed E-state index contributed by atoms with van der Waals surface area (Å²) >= 11 is 16.3. The first-order valence-corrected chi connectivity index (χ1v) is 39.3. The van der Waals surface area contributed by atoms with E-state index in [-0.39, 0.29) is 29.6 Å². The molecule has 6 aromatic heterocycles. The summed E-state index contributed by atoms with van der Waals surface area (Å²) in [5.41, 5.74) is 10.4. The van der Waals surface area contributed by atoms with Crippen LogP contribution in [0.25, 0.3) is 44.3 Å². The Balaban J connectivity index is 0.000000130. The molecule has 4 amide bonds. The van der Waals surface area contributed by atoms with Crippen molar-refractivity contribution in [3.8, 4) is 33.8 Å². The van der Waals surface area contributed by atoms with Crippen molar-refractivity contribution in [2.24, 2.45) is 11.8 Å². The molecule has 570 valence electrons. The van der Waals surface area contributed by atoms with Crippen LogP contribution in [0.1, 0.15) is 88.1 Å². The van der Waals surface area contributed by atoms with Gasteiger partial charge in [-0.3, -0.25) is 19.6 Å². The van der Waals surface area contributed by atoms with Gasteiger partial charge >= 0.3 is 12.2 Å². The van der Waals surface area contributed by atoms with E-state index in [1.165, 1.54) is 29.5 Å². The lowest BCUT2D eigenvalue weighted by atomic mass is 9.81. The second-order valence-corrected chi connectivity index (χ2v) is 32.3. The fourth-order valence-corrected chi connectivity index (χ4v) is 15.4. The molecule has 4 aromatic carbocycles. The minimum absolute atomic E-state index is 0.0497. The molecule has 0 bridgehead atoms. The van der Waals surface area contributed by atoms with Crippen LogP contribution in [0.5, 0.6) is 11.5 Å². The van der Waals surface area contributed by atoms with Crippen molar-refractivity contribution in [1.82, 2.24) is 64.6 Å². The van der Waals surface area contributed by atoms with Gasteiger partial charge in [0.1, 0.15) is 34.0 Å². The summed E-state index contributed by atoms with van der Waals surface area (Å²) in [4.78, 5) is 74.3. The van der Waals surface area contributed by atoms with Gasteiger partial charge < -0.3 is 63.6 Å². The number of nitrogens with one attached hydrogen (secondary N) is 3. The predicted molar refractivity (Wildman–Crippen MR) is 430 cm³/mol. The highest BCUT2D eigenvalue weighted by molar-refractivity contribution is 9.10. The van der Waals surface area contributed by atoms with Crippen molar-refractivity contribution in [1.29, 1.82) is 0 Å². The van der Waals surface area contributed by atoms with E-state index in [9.17, 15) is 19.2 Å². The number of fused-ring (bicyclic) bond motifs is 4. The van der Waals surface area contributed by atoms with E-state index >= 15 is 0 Å². The lowest BCUT2D eigenvalue weighted by molar-refractivity contribution is -0.139. The first kappa shape index (κ1) is 77.7. The third kappa shape index (κ3) is 20.0. The first-order chi connectivity index (χ1) is 52.6. The maximum Gasteiger partial charge on any atom is 0.410 e. The zero-order chi connectivity index (χ0) is 76.2. The van der Waals surface area contributed by atoms with Gasteiger partial charge in [0.15, 0.2) is 12.2 Å². The first-order valence-electron chi connectivity index (χ1n) is 37.7. The molecule has 0 radical (unpaired) electrons. The fraction of sp³-hybridized carbons (Fsp3) is 0.388. The number of halogens is 3. The van der Waals surface area contributed by atoms with Crippen molar-refractivity contribution >= 4 is 85.2 Å². The van der Waals surface area contributed by atoms with Crippen molar-refractivity contribution in [3.63, 3.8) is 0 Å². The van der Waals surface area contributed by atoms with Crippen molar-refractivity contribution in [3.05, 3.63) is 225 Å². The van der Waals surface area contributed by atoms with E-state index in [0.29, 0.717) is 60.9 Å². The molecule has 21 nitrogen and oxygen atoms in total. The monoisotopic (exact) mass is 1580 g/mol. The largest absolute Gasteiger partial charge is 0.479 e. The standard InChI is InChI=1S/2C27H25ClN4O2.C13H24N2O2.C13H18N2O2.C5H4BrN/c2*28-20-14-19-15-24(27(33)31-12-9-29-10-13-31)34-25(19)23(16-20)21-6-8-30-26-22(21)7-11-32(26)17-18-4-2-1-3-5-18;2*1-13(2,3)17-12(16)15-8-11(9-15)10-5-4-6-14-7-10;6-5-2-1-3-7-4-5/h2*1-8,11,14,16,24,29H,9-10,12-13,15,17H2;10-11,14H,4-9H2,1-3H3;4-7,11H,8-9H2,1-3H3;1-4H/t2*24-;;;/m10.../s1. The smallest absolute Gasteiger partial charge is 0.410 e. The number of hydrogen-bond acceptors (Lipinski definition) is 15. The van der Waals surface area contributed by atoms with E-state index in [1.54, 1.807) is 23.5 Å². The summed E-state index contributed by atoms with van der Waals surface area (Å²) in [6.07, 6.45) is 17.1. The van der Waals surface area contributed by atoms with Crippen LogP contribution < -0.4 is 25.4 Å². The number of carbonyl (C=O) groups is 4. The number of ether oxygens (including phenoxy) is 4. The highest BCUT2D eigenvalue weighted by Gasteiger charge is 2.40. The number of nitrogens with zero attached hydrogens (tertiary/aromatic N) is 10. The molecule has 5 saturated heterocycles. The summed E-state index contributed by atoms with van der Waals surface area (Å²) in [6, 6.07) is 44.3. The van der Waals surface area contributed by atoms with Crippen LogP contribution in [0.2, 0.25) is 10.0 Å². The minimum atomic E-state index is -0.509. The van der Waals surface area contributed by atoms with E-state index in [1.807, 2.05) is 172 Å². The molecule has 17 rings (SSSR count). The van der Waals surface area contributed by atoms with Crippen molar-refractivity contribution in [2.45, 2.75) is 110 Å². The van der Waals surface area contributed by atoms with Gasteiger partial charge in [-0.15, -0.1) is 0 Å². The number of pyridine rings is 4.